The summed E-state index contributed by atoms with van der Waals surface area (Å²) in [5, 5.41) is 0. The minimum absolute atomic E-state index is 0.0359. The minimum atomic E-state index is -0.856. The van der Waals surface area contributed by atoms with Crippen LogP contribution < -0.4 is 16.6 Å². The average molecular weight is 184 g/mol. The van der Waals surface area contributed by atoms with E-state index < -0.39 is 11.9 Å². The molecule has 4 N–H and O–H groups in total. The molecule has 0 saturated heterocycles. The van der Waals surface area contributed by atoms with Gasteiger partial charge in [-0.15, -0.1) is 0 Å². The maximum atomic E-state index is 11.1. The molecule has 0 fully saturated rings. The van der Waals surface area contributed by atoms with Crippen molar-refractivity contribution >= 4 is 11.9 Å². The maximum absolute atomic E-state index is 11.1. The molecule has 0 aliphatic heterocycles. The number of hydrogen-bond acceptors (Lipinski definition) is 4. The maximum Gasteiger partial charge on any atom is 0.330 e. The van der Waals surface area contributed by atoms with Gasteiger partial charge in [-0.1, -0.05) is 0 Å². The molecule has 0 radical (unpaired) electrons. The third-order valence-electron chi connectivity index (χ3n) is 1.25. The van der Waals surface area contributed by atoms with Crippen LogP contribution in [0.4, 0.5) is 4.79 Å². The smallest absolute Gasteiger partial charge is 0.330 e. The van der Waals surface area contributed by atoms with Crippen molar-refractivity contribution in [3.8, 4) is 0 Å². The van der Waals surface area contributed by atoms with Gasteiger partial charge in [0.15, 0.2) is 6.39 Å². The van der Waals surface area contributed by atoms with E-state index in [0.29, 0.717) is 5.69 Å². The van der Waals surface area contributed by atoms with Crippen LogP contribution in [0.25, 0.3) is 0 Å². The molecule has 13 heavy (non-hydrogen) atoms. The zero-order valence-corrected chi connectivity index (χ0v) is 6.83. The fourth-order valence-corrected chi connectivity index (χ4v) is 0.695. The first kappa shape index (κ1) is 9.04. The Morgan fingerprint density at radius 3 is 2.69 bits per heavy atom. The van der Waals surface area contributed by atoms with E-state index in [0.717, 1.165) is 6.39 Å². The summed E-state index contributed by atoms with van der Waals surface area (Å²) in [6.07, 6.45) is 1.13. The number of nitrogens with two attached hydrogens (primary N) is 1. The molecule has 0 atom stereocenters. The van der Waals surface area contributed by atoms with Crippen LogP contribution in [-0.2, 0) is 0 Å². The number of carbonyl (C=O) groups is 2. The largest absolute Gasteiger partial charge is 0.438 e. The third kappa shape index (κ3) is 2.19. The lowest BCUT2D eigenvalue weighted by Crippen LogP contribution is -2.44. The summed E-state index contributed by atoms with van der Waals surface area (Å²) in [4.78, 5) is 25.0. The van der Waals surface area contributed by atoms with Crippen LogP contribution in [0.15, 0.2) is 10.8 Å². The van der Waals surface area contributed by atoms with E-state index in [1.807, 2.05) is 10.9 Å². The van der Waals surface area contributed by atoms with Gasteiger partial charge >= 0.3 is 11.9 Å². The van der Waals surface area contributed by atoms with E-state index in [4.69, 9.17) is 10.2 Å². The summed E-state index contributed by atoms with van der Waals surface area (Å²) in [5.74, 6) is -0.567. The van der Waals surface area contributed by atoms with Crippen LogP contribution >= 0.6 is 0 Å². The Morgan fingerprint density at radius 1 is 1.54 bits per heavy atom. The molecule has 7 heteroatoms. The number of hydrazine groups is 1. The first-order chi connectivity index (χ1) is 6.11. The summed E-state index contributed by atoms with van der Waals surface area (Å²) in [6.45, 7) is 1.60. The van der Waals surface area contributed by atoms with Crippen LogP contribution in [0, 0.1) is 6.92 Å². The summed E-state index contributed by atoms with van der Waals surface area (Å²) < 4.78 is 4.74. The minimum Gasteiger partial charge on any atom is -0.438 e. The van der Waals surface area contributed by atoms with Gasteiger partial charge in [0.2, 0.25) is 5.76 Å². The number of carbonyl (C=O) groups excluding carboxylic acids is 2. The number of primary amides is 1. The highest BCUT2D eigenvalue weighted by Gasteiger charge is 2.13. The lowest BCUT2D eigenvalue weighted by Gasteiger charge is -2.01. The van der Waals surface area contributed by atoms with Crippen molar-refractivity contribution in [1.82, 2.24) is 15.8 Å². The average Bonchev–Trinajstić information content (AvgIpc) is 2.47. The predicted molar refractivity (Wildman–Crippen MR) is 41.4 cm³/mol. The number of aryl methyl sites for hydroxylation is 1. The first-order valence-corrected chi connectivity index (χ1v) is 3.37. The molecule has 1 rings (SSSR count). The molecule has 70 valence electrons. The van der Waals surface area contributed by atoms with Crippen molar-refractivity contribution in [3.05, 3.63) is 17.8 Å². The van der Waals surface area contributed by atoms with Crippen molar-refractivity contribution in [2.24, 2.45) is 5.73 Å². The highest BCUT2D eigenvalue weighted by atomic mass is 16.3. The number of nitrogens with one attached hydrogen (secondary N) is 2. The molecule has 0 unspecified atom stereocenters. The first-order valence-electron chi connectivity index (χ1n) is 3.37. The SMILES string of the molecule is Cc1ncoc1C(=O)NNC(N)=O. The molecule has 0 aliphatic carbocycles. The lowest BCUT2D eigenvalue weighted by molar-refractivity contribution is 0.0908. The fraction of sp³-hybridized carbons (Fsp3) is 0.167. The lowest BCUT2D eigenvalue weighted by atomic mass is 10.3. The zero-order valence-electron chi connectivity index (χ0n) is 6.83. The van der Waals surface area contributed by atoms with Crippen molar-refractivity contribution in [3.63, 3.8) is 0 Å². The Bertz CT molecular complexity index is 332. The highest BCUT2D eigenvalue weighted by molar-refractivity contribution is 5.93. The van der Waals surface area contributed by atoms with E-state index in [1.54, 1.807) is 6.92 Å². The molecule has 1 heterocycles. The summed E-state index contributed by atoms with van der Waals surface area (Å²) in [7, 11) is 0. The number of oxazole rings is 1. The van der Waals surface area contributed by atoms with Gasteiger partial charge in [-0.2, -0.15) is 0 Å². The number of rotatable bonds is 1. The van der Waals surface area contributed by atoms with Gasteiger partial charge in [-0.3, -0.25) is 10.2 Å². The molecule has 3 amide bonds. The van der Waals surface area contributed by atoms with Crippen molar-refractivity contribution < 1.29 is 14.0 Å². The zero-order chi connectivity index (χ0) is 9.84. The molecular weight excluding hydrogens is 176 g/mol. The van der Waals surface area contributed by atoms with Crippen molar-refractivity contribution in [1.29, 1.82) is 0 Å². The van der Waals surface area contributed by atoms with Gasteiger partial charge in [0.25, 0.3) is 0 Å². The molecule has 0 spiro atoms. The van der Waals surface area contributed by atoms with Crippen molar-refractivity contribution in [2.75, 3.05) is 0 Å². The Morgan fingerprint density at radius 2 is 2.23 bits per heavy atom. The van der Waals surface area contributed by atoms with Crippen LogP contribution in [0.1, 0.15) is 16.2 Å². The highest BCUT2D eigenvalue weighted by Crippen LogP contribution is 2.03. The van der Waals surface area contributed by atoms with Crippen LogP contribution in [0.3, 0.4) is 0 Å². The predicted octanol–water partition coefficient (Wildman–Crippen LogP) is -0.704. The fourth-order valence-electron chi connectivity index (χ4n) is 0.695. The number of aromatic nitrogens is 1. The topological polar surface area (TPSA) is 110 Å². The van der Waals surface area contributed by atoms with Gasteiger partial charge < -0.3 is 10.2 Å². The molecule has 7 nitrogen and oxygen atoms in total. The molecule has 1 aromatic heterocycles. The second-order valence-corrected chi connectivity index (χ2v) is 2.21. The Hall–Kier alpha value is -2.05. The molecule has 0 saturated carbocycles. The van der Waals surface area contributed by atoms with Crippen LogP contribution in [-0.4, -0.2) is 16.9 Å². The Labute approximate surface area is 73.3 Å². The summed E-state index contributed by atoms with van der Waals surface area (Å²) in [5.41, 5.74) is 9.10. The molecule has 0 aliphatic rings. The molecule has 0 aromatic carbocycles. The summed E-state index contributed by atoms with van der Waals surface area (Å²) in [6, 6.07) is -0.856. The number of nitrogens with zero attached hydrogens (tertiary/aromatic N) is 1. The van der Waals surface area contributed by atoms with E-state index >= 15 is 0 Å². The van der Waals surface area contributed by atoms with Crippen LogP contribution in [0.5, 0.6) is 0 Å². The van der Waals surface area contributed by atoms with Gasteiger partial charge in [0.05, 0.1) is 5.69 Å². The number of amides is 3. The monoisotopic (exact) mass is 184 g/mol. The normalized spacial score (nSPS) is 9.31. The van der Waals surface area contributed by atoms with E-state index in [1.165, 1.54) is 0 Å². The van der Waals surface area contributed by atoms with Gasteiger partial charge in [0.1, 0.15) is 0 Å². The van der Waals surface area contributed by atoms with Crippen LogP contribution in [0.2, 0.25) is 0 Å². The van der Waals surface area contributed by atoms with E-state index in [-0.39, 0.29) is 5.76 Å². The number of urea groups is 1. The van der Waals surface area contributed by atoms with E-state index in [2.05, 4.69) is 4.98 Å². The summed E-state index contributed by atoms with van der Waals surface area (Å²) >= 11 is 0. The van der Waals surface area contributed by atoms with Crippen molar-refractivity contribution in [2.45, 2.75) is 6.92 Å². The van der Waals surface area contributed by atoms with E-state index in [9.17, 15) is 9.59 Å². The van der Waals surface area contributed by atoms with Gasteiger partial charge in [-0.05, 0) is 6.92 Å². The Kier molecular flexibility index (Phi) is 2.48. The van der Waals surface area contributed by atoms with Gasteiger partial charge in [0, 0.05) is 0 Å². The number of hydrogen-bond donors (Lipinski definition) is 3. The molecule has 0 bridgehead atoms. The molecular formula is C6H8N4O3. The third-order valence-corrected chi connectivity index (χ3v) is 1.25. The molecule has 1 aromatic rings. The quantitative estimate of drug-likeness (QED) is 0.501. The second kappa shape index (κ2) is 3.57. The second-order valence-electron chi connectivity index (χ2n) is 2.21. The van der Waals surface area contributed by atoms with Gasteiger partial charge in [-0.25, -0.2) is 15.2 Å². The Balaban J connectivity index is 2.59. The standard InChI is InChI=1S/C6H8N4O3/c1-3-4(13-2-8-3)5(11)9-10-6(7)12/h2H,1H3,(H,9,11)(H3,7,10,12).